The summed E-state index contributed by atoms with van der Waals surface area (Å²) in [6, 6.07) is 6.94. The number of likely N-dealkylation sites (tertiary alicyclic amines) is 1. The molecule has 1 aromatic rings. The SMILES string of the molecule is Cc1ccccc1C1CN(C(=O)CN2CC(=O)NC2=O)CC1C(=O)O. The molecule has 2 heterocycles. The van der Waals surface area contributed by atoms with Crippen molar-refractivity contribution in [3.63, 3.8) is 0 Å². The Morgan fingerprint density at radius 3 is 2.56 bits per heavy atom. The van der Waals surface area contributed by atoms with Crippen molar-refractivity contribution in [1.82, 2.24) is 15.1 Å². The molecule has 0 aliphatic carbocycles. The van der Waals surface area contributed by atoms with Gasteiger partial charge in [-0.25, -0.2) is 4.79 Å². The lowest BCUT2D eigenvalue weighted by Crippen LogP contribution is -2.41. The second-order valence-corrected chi connectivity index (χ2v) is 6.42. The fraction of sp³-hybridized carbons (Fsp3) is 0.412. The van der Waals surface area contributed by atoms with Crippen molar-refractivity contribution in [2.45, 2.75) is 12.8 Å². The van der Waals surface area contributed by atoms with Crippen LogP contribution in [0.15, 0.2) is 24.3 Å². The number of aliphatic carboxylic acids is 1. The van der Waals surface area contributed by atoms with E-state index in [4.69, 9.17) is 0 Å². The minimum absolute atomic E-state index is 0.0938. The maximum absolute atomic E-state index is 12.5. The molecule has 2 saturated heterocycles. The molecular weight excluding hydrogens is 326 g/mol. The predicted octanol–water partition coefficient (Wildman–Crippen LogP) is 0.173. The summed E-state index contributed by atoms with van der Waals surface area (Å²) in [6.07, 6.45) is 0. The van der Waals surface area contributed by atoms with Crippen LogP contribution in [-0.2, 0) is 14.4 Å². The Kier molecular flexibility index (Phi) is 4.43. The number of nitrogens with zero attached hydrogens (tertiary/aromatic N) is 2. The number of carbonyl (C=O) groups is 4. The molecule has 2 aliphatic heterocycles. The molecule has 8 nitrogen and oxygen atoms in total. The van der Waals surface area contributed by atoms with E-state index in [1.54, 1.807) is 0 Å². The van der Waals surface area contributed by atoms with Crippen molar-refractivity contribution in [3.05, 3.63) is 35.4 Å². The first-order valence-electron chi connectivity index (χ1n) is 8.01. The van der Waals surface area contributed by atoms with Crippen molar-refractivity contribution in [2.75, 3.05) is 26.2 Å². The third kappa shape index (κ3) is 3.33. The van der Waals surface area contributed by atoms with Gasteiger partial charge in [-0.15, -0.1) is 0 Å². The van der Waals surface area contributed by atoms with Gasteiger partial charge in [-0.1, -0.05) is 24.3 Å². The number of carboxylic acids is 1. The first-order valence-corrected chi connectivity index (χ1v) is 8.01. The molecule has 132 valence electrons. The van der Waals surface area contributed by atoms with Gasteiger partial charge in [0.15, 0.2) is 0 Å². The Morgan fingerprint density at radius 1 is 1.24 bits per heavy atom. The van der Waals surface area contributed by atoms with Gasteiger partial charge in [0.2, 0.25) is 11.8 Å². The van der Waals surface area contributed by atoms with Gasteiger partial charge in [-0.3, -0.25) is 19.7 Å². The van der Waals surface area contributed by atoms with Gasteiger partial charge in [-0.2, -0.15) is 0 Å². The summed E-state index contributed by atoms with van der Waals surface area (Å²) >= 11 is 0. The van der Waals surface area contributed by atoms with Gasteiger partial charge in [0.25, 0.3) is 0 Å². The zero-order chi connectivity index (χ0) is 18.1. The van der Waals surface area contributed by atoms with Crippen LogP contribution in [0.5, 0.6) is 0 Å². The topological polar surface area (TPSA) is 107 Å². The molecule has 4 amide bonds. The number of nitrogens with one attached hydrogen (secondary N) is 1. The summed E-state index contributed by atoms with van der Waals surface area (Å²) in [5.41, 5.74) is 1.90. The maximum atomic E-state index is 12.5. The van der Waals surface area contributed by atoms with Crippen LogP contribution in [0.25, 0.3) is 0 Å². The van der Waals surface area contributed by atoms with Crippen molar-refractivity contribution in [1.29, 1.82) is 0 Å². The maximum Gasteiger partial charge on any atom is 0.325 e. The van der Waals surface area contributed by atoms with E-state index in [0.717, 1.165) is 16.0 Å². The van der Waals surface area contributed by atoms with Gasteiger partial charge < -0.3 is 14.9 Å². The molecule has 0 bridgehead atoms. The van der Waals surface area contributed by atoms with Crippen molar-refractivity contribution < 1.29 is 24.3 Å². The second kappa shape index (κ2) is 6.54. The second-order valence-electron chi connectivity index (χ2n) is 6.42. The summed E-state index contributed by atoms with van der Waals surface area (Å²) in [7, 11) is 0. The van der Waals surface area contributed by atoms with Crippen LogP contribution >= 0.6 is 0 Å². The molecule has 8 heteroatoms. The molecule has 2 aliphatic rings. The molecule has 0 aromatic heterocycles. The molecule has 2 atom stereocenters. The van der Waals surface area contributed by atoms with E-state index in [1.807, 2.05) is 31.2 Å². The number of carboxylic acid groups (broad SMARTS) is 1. The third-order valence-corrected chi connectivity index (χ3v) is 4.77. The van der Waals surface area contributed by atoms with Crippen LogP contribution in [0.1, 0.15) is 17.0 Å². The summed E-state index contributed by atoms with van der Waals surface area (Å²) in [5.74, 6) is -2.74. The molecule has 25 heavy (non-hydrogen) atoms. The smallest absolute Gasteiger partial charge is 0.325 e. The number of rotatable bonds is 4. The van der Waals surface area contributed by atoms with Crippen LogP contribution < -0.4 is 5.32 Å². The van der Waals surface area contributed by atoms with E-state index in [9.17, 15) is 24.3 Å². The number of hydrogen-bond donors (Lipinski definition) is 2. The lowest BCUT2D eigenvalue weighted by Gasteiger charge is -2.20. The highest BCUT2D eigenvalue weighted by Gasteiger charge is 2.41. The quantitative estimate of drug-likeness (QED) is 0.757. The standard InChI is InChI=1S/C17H19N3O5/c1-10-4-2-3-5-11(10)12-6-19(7-13(12)16(23)24)15(22)9-20-8-14(21)18-17(20)25/h2-5,12-13H,6-9H2,1H3,(H,23,24)(H,18,21,25). The minimum Gasteiger partial charge on any atom is -0.481 e. The Balaban J connectivity index is 1.75. The number of amides is 4. The number of aryl methyl sites for hydroxylation is 1. The van der Waals surface area contributed by atoms with Crippen LogP contribution in [0.2, 0.25) is 0 Å². The minimum atomic E-state index is -0.947. The van der Waals surface area contributed by atoms with E-state index < -0.39 is 23.8 Å². The monoisotopic (exact) mass is 345 g/mol. The number of imide groups is 1. The molecule has 3 rings (SSSR count). The summed E-state index contributed by atoms with van der Waals surface area (Å²) in [5, 5.41) is 11.7. The fourth-order valence-electron chi connectivity index (χ4n) is 3.45. The summed E-state index contributed by atoms with van der Waals surface area (Å²) in [6.45, 7) is 1.91. The highest BCUT2D eigenvalue weighted by Crippen LogP contribution is 2.34. The van der Waals surface area contributed by atoms with Crippen LogP contribution in [0.3, 0.4) is 0 Å². The third-order valence-electron chi connectivity index (χ3n) is 4.77. The van der Waals surface area contributed by atoms with Crippen LogP contribution in [-0.4, -0.2) is 64.9 Å². The molecule has 2 unspecified atom stereocenters. The van der Waals surface area contributed by atoms with Gasteiger partial charge >= 0.3 is 12.0 Å². The number of hydrogen-bond acceptors (Lipinski definition) is 4. The Hall–Kier alpha value is -2.90. The first-order chi connectivity index (χ1) is 11.9. The summed E-state index contributed by atoms with van der Waals surface area (Å²) in [4.78, 5) is 49.5. The molecule has 1 aromatic carbocycles. The van der Waals surface area contributed by atoms with Gasteiger partial charge in [0.05, 0.1) is 5.92 Å². The van der Waals surface area contributed by atoms with Crippen molar-refractivity contribution in [3.8, 4) is 0 Å². The zero-order valence-corrected chi connectivity index (χ0v) is 13.8. The van der Waals surface area contributed by atoms with Gasteiger partial charge in [-0.05, 0) is 18.1 Å². The van der Waals surface area contributed by atoms with E-state index in [-0.39, 0.29) is 38.0 Å². The Labute approximate surface area is 144 Å². The lowest BCUT2D eigenvalue weighted by atomic mass is 9.86. The molecule has 0 saturated carbocycles. The number of benzene rings is 1. The van der Waals surface area contributed by atoms with E-state index in [1.165, 1.54) is 4.90 Å². The number of urea groups is 1. The fourth-order valence-corrected chi connectivity index (χ4v) is 3.45. The lowest BCUT2D eigenvalue weighted by molar-refractivity contribution is -0.141. The van der Waals surface area contributed by atoms with Crippen molar-refractivity contribution >= 4 is 23.8 Å². The zero-order valence-electron chi connectivity index (χ0n) is 13.8. The average Bonchev–Trinajstić information content (AvgIpc) is 3.12. The largest absolute Gasteiger partial charge is 0.481 e. The van der Waals surface area contributed by atoms with E-state index >= 15 is 0 Å². The molecule has 2 fully saturated rings. The Morgan fingerprint density at radius 2 is 1.96 bits per heavy atom. The van der Waals surface area contributed by atoms with Crippen LogP contribution in [0, 0.1) is 12.8 Å². The predicted molar refractivity (Wildman–Crippen MR) is 86.7 cm³/mol. The van der Waals surface area contributed by atoms with Gasteiger partial charge in [0, 0.05) is 19.0 Å². The number of carbonyl (C=O) groups excluding carboxylic acids is 3. The highest BCUT2D eigenvalue weighted by molar-refractivity contribution is 6.03. The molecule has 0 spiro atoms. The van der Waals surface area contributed by atoms with Crippen LogP contribution in [0.4, 0.5) is 4.79 Å². The molecule has 0 radical (unpaired) electrons. The van der Waals surface area contributed by atoms with E-state index in [0.29, 0.717) is 0 Å². The summed E-state index contributed by atoms with van der Waals surface area (Å²) < 4.78 is 0. The average molecular weight is 345 g/mol. The molecular formula is C17H19N3O5. The van der Waals surface area contributed by atoms with Gasteiger partial charge in [0.1, 0.15) is 13.1 Å². The normalized spacial score (nSPS) is 23.1. The molecule has 2 N–H and O–H groups in total. The Bertz CT molecular complexity index is 748. The van der Waals surface area contributed by atoms with Crippen molar-refractivity contribution in [2.24, 2.45) is 5.92 Å². The first kappa shape index (κ1) is 16.9. The van der Waals surface area contributed by atoms with E-state index in [2.05, 4.69) is 5.32 Å². The highest BCUT2D eigenvalue weighted by atomic mass is 16.4.